The number of hydrogen-bond donors (Lipinski definition) is 0. The molecule has 1 amide bonds. The van der Waals surface area contributed by atoms with E-state index in [0.29, 0.717) is 29.5 Å². The van der Waals surface area contributed by atoms with Crippen LogP contribution < -0.4 is 4.90 Å². The molecule has 128 valence electrons. The Morgan fingerprint density at radius 1 is 1.04 bits per heavy atom. The van der Waals surface area contributed by atoms with Crippen molar-refractivity contribution in [2.45, 2.75) is 6.92 Å². The summed E-state index contributed by atoms with van der Waals surface area (Å²) in [6.07, 6.45) is 0. The van der Waals surface area contributed by atoms with Crippen LogP contribution in [0.25, 0.3) is 11.0 Å². The van der Waals surface area contributed by atoms with E-state index in [1.807, 2.05) is 11.0 Å². The van der Waals surface area contributed by atoms with Gasteiger partial charge in [-0.15, -0.1) is 0 Å². The maximum absolute atomic E-state index is 12.7. The Morgan fingerprint density at radius 2 is 1.84 bits per heavy atom. The van der Waals surface area contributed by atoms with Gasteiger partial charge in [0.15, 0.2) is 5.76 Å². The number of halogens is 1. The van der Waals surface area contributed by atoms with E-state index in [1.165, 1.54) is 11.3 Å². The van der Waals surface area contributed by atoms with E-state index in [2.05, 4.69) is 36.1 Å². The van der Waals surface area contributed by atoms with Crippen LogP contribution in [0.4, 0.5) is 5.69 Å². The summed E-state index contributed by atoms with van der Waals surface area (Å²) >= 11 is 6.00. The largest absolute Gasteiger partial charge is 0.451 e. The Morgan fingerprint density at radius 3 is 2.60 bits per heavy atom. The second-order valence-electron chi connectivity index (χ2n) is 6.41. The van der Waals surface area contributed by atoms with E-state index >= 15 is 0 Å². The highest BCUT2D eigenvalue weighted by Gasteiger charge is 2.24. The minimum Gasteiger partial charge on any atom is -0.451 e. The van der Waals surface area contributed by atoms with Crippen molar-refractivity contribution >= 4 is 34.2 Å². The predicted octanol–water partition coefficient (Wildman–Crippen LogP) is 4.36. The first kappa shape index (κ1) is 16.0. The van der Waals surface area contributed by atoms with Gasteiger partial charge in [-0.2, -0.15) is 0 Å². The van der Waals surface area contributed by atoms with Crippen LogP contribution in [0.15, 0.2) is 52.9 Å². The number of benzene rings is 2. The summed E-state index contributed by atoms with van der Waals surface area (Å²) in [4.78, 5) is 16.9. The van der Waals surface area contributed by atoms with Crippen LogP contribution in [-0.4, -0.2) is 37.0 Å². The van der Waals surface area contributed by atoms with E-state index in [0.717, 1.165) is 18.5 Å². The summed E-state index contributed by atoms with van der Waals surface area (Å²) in [6.45, 7) is 5.11. The van der Waals surface area contributed by atoms with Crippen LogP contribution in [0.2, 0.25) is 5.02 Å². The first-order chi connectivity index (χ1) is 12.1. The smallest absolute Gasteiger partial charge is 0.289 e. The van der Waals surface area contributed by atoms with Crippen LogP contribution in [0, 0.1) is 6.92 Å². The van der Waals surface area contributed by atoms with Gasteiger partial charge in [0.2, 0.25) is 0 Å². The number of amides is 1. The molecule has 0 aliphatic carbocycles. The highest BCUT2D eigenvalue weighted by Crippen LogP contribution is 2.25. The number of carbonyl (C=O) groups excluding carboxylic acids is 1. The Kier molecular flexibility index (Phi) is 4.14. The molecule has 2 heterocycles. The molecule has 5 heteroatoms. The molecule has 1 aromatic heterocycles. The van der Waals surface area contributed by atoms with Crippen molar-refractivity contribution in [2.75, 3.05) is 31.1 Å². The monoisotopic (exact) mass is 354 g/mol. The Balaban J connectivity index is 1.47. The first-order valence-electron chi connectivity index (χ1n) is 8.40. The zero-order valence-electron chi connectivity index (χ0n) is 14.0. The molecule has 0 radical (unpaired) electrons. The van der Waals surface area contributed by atoms with Crippen LogP contribution in [0.5, 0.6) is 0 Å². The highest BCUT2D eigenvalue weighted by molar-refractivity contribution is 6.31. The second kappa shape index (κ2) is 6.45. The lowest BCUT2D eigenvalue weighted by molar-refractivity contribution is 0.0717. The summed E-state index contributed by atoms with van der Waals surface area (Å²) in [5, 5.41) is 1.49. The number of anilines is 1. The number of piperazine rings is 1. The number of furan rings is 1. The molecule has 0 spiro atoms. The zero-order valence-corrected chi connectivity index (χ0v) is 14.8. The van der Waals surface area contributed by atoms with Crippen molar-refractivity contribution in [3.8, 4) is 0 Å². The molecule has 0 unspecified atom stereocenters. The lowest BCUT2D eigenvalue weighted by Gasteiger charge is -2.35. The van der Waals surface area contributed by atoms with Crippen LogP contribution in [0.3, 0.4) is 0 Å². The molecule has 1 fully saturated rings. The molecule has 1 saturated heterocycles. The molecule has 4 rings (SSSR count). The van der Waals surface area contributed by atoms with E-state index in [9.17, 15) is 4.79 Å². The topological polar surface area (TPSA) is 36.7 Å². The van der Waals surface area contributed by atoms with Crippen LogP contribution >= 0.6 is 11.6 Å². The minimum atomic E-state index is -0.0591. The molecule has 0 bridgehead atoms. The summed E-state index contributed by atoms with van der Waals surface area (Å²) in [5.41, 5.74) is 3.15. The average Bonchev–Trinajstić information content (AvgIpc) is 3.04. The molecular formula is C20H19ClN2O2. The van der Waals surface area contributed by atoms with Crippen molar-refractivity contribution < 1.29 is 9.21 Å². The SMILES string of the molecule is Cc1cccc(N2CCN(C(=O)c3cc4cc(Cl)ccc4o3)CC2)c1. The van der Waals surface area contributed by atoms with Crippen molar-refractivity contribution in [3.63, 3.8) is 0 Å². The molecular weight excluding hydrogens is 336 g/mol. The maximum atomic E-state index is 12.7. The van der Waals surface area contributed by atoms with Gasteiger partial charge < -0.3 is 14.2 Å². The van der Waals surface area contributed by atoms with Gasteiger partial charge in [0.05, 0.1) is 0 Å². The maximum Gasteiger partial charge on any atom is 0.289 e. The number of rotatable bonds is 2. The summed E-state index contributed by atoms with van der Waals surface area (Å²) in [6, 6.07) is 15.6. The number of aryl methyl sites for hydroxylation is 1. The van der Waals surface area contributed by atoms with Gasteiger partial charge in [-0.3, -0.25) is 4.79 Å². The van der Waals surface area contributed by atoms with Gasteiger partial charge in [-0.1, -0.05) is 23.7 Å². The Labute approximate surface area is 151 Å². The Hall–Kier alpha value is -2.46. The summed E-state index contributed by atoms with van der Waals surface area (Å²) in [7, 11) is 0. The predicted molar refractivity (Wildman–Crippen MR) is 101 cm³/mol. The molecule has 0 atom stereocenters. The van der Waals surface area contributed by atoms with Crippen molar-refractivity contribution in [1.82, 2.24) is 4.90 Å². The standard InChI is InChI=1S/C20H19ClN2O2/c1-14-3-2-4-17(11-14)22-7-9-23(10-8-22)20(24)19-13-15-12-16(21)5-6-18(15)25-19/h2-6,11-13H,7-10H2,1H3. The highest BCUT2D eigenvalue weighted by atomic mass is 35.5. The third-order valence-electron chi connectivity index (χ3n) is 4.62. The third-order valence-corrected chi connectivity index (χ3v) is 4.86. The van der Waals surface area contributed by atoms with Crippen LogP contribution in [-0.2, 0) is 0 Å². The third kappa shape index (κ3) is 3.22. The lowest BCUT2D eigenvalue weighted by atomic mass is 10.2. The Bertz CT molecular complexity index is 926. The average molecular weight is 355 g/mol. The number of fused-ring (bicyclic) bond motifs is 1. The fraction of sp³-hybridized carbons (Fsp3) is 0.250. The molecule has 1 aliphatic rings. The molecule has 0 saturated carbocycles. The van der Waals surface area contributed by atoms with Gasteiger partial charge >= 0.3 is 0 Å². The van der Waals surface area contributed by atoms with Gasteiger partial charge in [0, 0.05) is 42.3 Å². The van der Waals surface area contributed by atoms with E-state index in [1.54, 1.807) is 18.2 Å². The molecule has 0 N–H and O–H groups in total. The fourth-order valence-electron chi connectivity index (χ4n) is 3.27. The first-order valence-corrected chi connectivity index (χ1v) is 8.78. The molecule has 25 heavy (non-hydrogen) atoms. The second-order valence-corrected chi connectivity index (χ2v) is 6.85. The zero-order chi connectivity index (χ0) is 17.4. The van der Waals surface area contributed by atoms with Crippen molar-refractivity contribution in [3.05, 3.63) is 64.9 Å². The molecule has 2 aromatic carbocycles. The van der Waals surface area contributed by atoms with E-state index in [-0.39, 0.29) is 5.91 Å². The van der Waals surface area contributed by atoms with Gasteiger partial charge in [0.25, 0.3) is 5.91 Å². The minimum absolute atomic E-state index is 0.0591. The lowest BCUT2D eigenvalue weighted by Crippen LogP contribution is -2.48. The van der Waals surface area contributed by atoms with Crippen molar-refractivity contribution in [2.24, 2.45) is 0 Å². The fourth-order valence-corrected chi connectivity index (χ4v) is 3.45. The quantitative estimate of drug-likeness (QED) is 0.686. The molecule has 4 nitrogen and oxygen atoms in total. The van der Waals surface area contributed by atoms with Gasteiger partial charge in [-0.05, 0) is 48.9 Å². The number of nitrogens with zero attached hydrogens (tertiary/aromatic N) is 2. The van der Waals surface area contributed by atoms with Crippen molar-refractivity contribution in [1.29, 1.82) is 0 Å². The molecule has 3 aromatic rings. The number of carbonyl (C=O) groups is 1. The van der Waals surface area contributed by atoms with Gasteiger partial charge in [0.1, 0.15) is 5.58 Å². The van der Waals surface area contributed by atoms with Crippen LogP contribution in [0.1, 0.15) is 16.1 Å². The van der Waals surface area contributed by atoms with E-state index < -0.39 is 0 Å². The number of hydrogen-bond acceptors (Lipinski definition) is 3. The van der Waals surface area contributed by atoms with Gasteiger partial charge in [-0.25, -0.2) is 0 Å². The van der Waals surface area contributed by atoms with E-state index in [4.69, 9.17) is 16.0 Å². The normalized spacial score (nSPS) is 15.0. The molecule has 1 aliphatic heterocycles. The summed E-state index contributed by atoms with van der Waals surface area (Å²) < 4.78 is 5.70. The summed E-state index contributed by atoms with van der Waals surface area (Å²) in [5.74, 6) is 0.317.